The van der Waals surface area contributed by atoms with Crippen LogP contribution in [0, 0.1) is 0 Å². The third-order valence-corrected chi connectivity index (χ3v) is 2.39. The van der Waals surface area contributed by atoms with Crippen LogP contribution in [0.2, 0.25) is 5.02 Å². The molecule has 6 heteroatoms. The van der Waals surface area contributed by atoms with Crippen molar-refractivity contribution in [1.82, 2.24) is 5.32 Å². The van der Waals surface area contributed by atoms with Gasteiger partial charge in [0.25, 0.3) is 0 Å². The lowest BCUT2D eigenvalue weighted by Gasteiger charge is -2.12. The summed E-state index contributed by atoms with van der Waals surface area (Å²) in [6, 6.07) is 3.67. The highest BCUT2D eigenvalue weighted by Crippen LogP contribution is 2.35. The molecule has 0 saturated heterocycles. The van der Waals surface area contributed by atoms with Gasteiger partial charge >= 0.3 is 0 Å². The molecule has 2 N–H and O–H groups in total. The zero-order valence-electron chi connectivity index (χ0n) is 9.83. The molecule has 0 bridgehead atoms. The molecule has 0 fully saturated rings. The highest BCUT2D eigenvalue weighted by atomic mass is 35.5. The zero-order valence-corrected chi connectivity index (χ0v) is 11.4. The van der Waals surface area contributed by atoms with Gasteiger partial charge in [-0.2, -0.15) is 0 Å². The molecular weight excluding hydrogens is 265 g/mol. The molecule has 0 aromatic heterocycles. The molecule has 1 rings (SSSR count). The predicted octanol–water partition coefficient (Wildman–Crippen LogP) is 1.86. The molecule has 0 saturated carbocycles. The summed E-state index contributed by atoms with van der Waals surface area (Å²) in [5, 5.41) is 12.2. The summed E-state index contributed by atoms with van der Waals surface area (Å²) in [6.07, 6.45) is 0. The van der Waals surface area contributed by atoms with Crippen molar-refractivity contribution in [2.45, 2.75) is 6.54 Å². The Hall–Kier alpha value is -0.680. The topological polar surface area (TPSA) is 50.7 Å². The molecule has 0 aliphatic carbocycles. The molecule has 4 nitrogen and oxygen atoms in total. The number of ether oxygens (including phenoxy) is 2. The second-order valence-corrected chi connectivity index (χ2v) is 3.62. The van der Waals surface area contributed by atoms with E-state index < -0.39 is 0 Å². The van der Waals surface area contributed by atoms with Gasteiger partial charge in [-0.25, -0.2) is 0 Å². The zero-order chi connectivity index (χ0) is 12.0. The average molecular weight is 282 g/mol. The number of rotatable bonds is 6. The van der Waals surface area contributed by atoms with Crippen molar-refractivity contribution in [1.29, 1.82) is 0 Å². The Morgan fingerprint density at radius 1 is 1.29 bits per heavy atom. The van der Waals surface area contributed by atoms with Gasteiger partial charge in [0.15, 0.2) is 11.5 Å². The van der Waals surface area contributed by atoms with Gasteiger partial charge in [0.1, 0.15) is 0 Å². The highest BCUT2D eigenvalue weighted by Gasteiger charge is 2.10. The van der Waals surface area contributed by atoms with Crippen LogP contribution < -0.4 is 14.8 Å². The Morgan fingerprint density at radius 2 is 2.00 bits per heavy atom. The molecule has 0 heterocycles. The number of benzene rings is 1. The number of hydrogen-bond acceptors (Lipinski definition) is 4. The minimum atomic E-state index is 0. The number of halogens is 2. The van der Waals surface area contributed by atoms with Crippen LogP contribution >= 0.6 is 24.0 Å². The van der Waals surface area contributed by atoms with Gasteiger partial charge in [0.2, 0.25) is 0 Å². The van der Waals surface area contributed by atoms with Gasteiger partial charge in [-0.05, 0) is 17.7 Å². The lowest BCUT2D eigenvalue weighted by molar-refractivity contribution is 0.292. The van der Waals surface area contributed by atoms with Crippen LogP contribution in [0.1, 0.15) is 5.56 Å². The van der Waals surface area contributed by atoms with Crippen LogP contribution in [-0.2, 0) is 6.54 Å². The number of aliphatic hydroxyl groups is 1. The van der Waals surface area contributed by atoms with E-state index in [1.165, 1.54) is 0 Å². The summed E-state index contributed by atoms with van der Waals surface area (Å²) in [5.74, 6) is 1.14. The fraction of sp³-hybridized carbons (Fsp3) is 0.455. The smallest absolute Gasteiger partial charge is 0.179 e. The number of aliphatic hydroxyl groups excluding tert-OH is 1. The molecule has 0 amide bonds. The van der Waals surface area contributed by atoms with E-state index in [0.717, 1.165) is 5.56 Å². The van der Waals surface area contributed by atoms with E-state index in [2.05, 4.69) is 5.32 Å². The van der Waals surface area contributed by atoms with Crippen LogP contribution in [0.3, 0.4) is 0 Å². The van der Waals surface area contributed by atoms with E-state index in [1.807, 2.05) is 12.1 Å². The lowest BCUT2D eigenvalue weighted by atomic mass is 10.2. The van der Waals surface area contributed by atoms with E-state index in [1.54, 1.807) is 14.2 Å². The number of methoxy groups -OCH3 is 2. The maximum Gasteiger partial charge on any atom is 0.179 e. The Bertz CT molecular complexity index is 348. The maximum absolute atomic E-state index is 8.65. The van der Waals surface area contributed by atoms with Crippen LogP contribution in [0.15, 0.2) is 12.1 Å². The van der Waals surface area contributed by atoms with Crippen molar-refractivity contribution in [2.24, 2.45) is 0 Å². The maximum atomic E-state index is 8.65. The summed E-state index contributed by atoms with van der Waals surface area (Å²) < 4.78 is 10.3. The monoisotopic (exact) mass is 281 g/mol. The molecule has 0 spiro atoms. The first-order valence-electron chi connectivity index (χ1n) is 4.95. The van der Waals surface area contributed by atoms with Crippen molar-refractivity contribution < 1.29 is 14.6 Å². The molecule has 0 unspecified atom stereocenters. The molecular formula is C11H17Cl2NO3. The lowest BCUT2D eigenvalue weighted by Crippen LogP contribution is -2.17. The molecule has 0 aliphatic rings. The van der Waals surface area contributed by atoms with E-state index in [4.69, 9.17) is 26.2 Å². The Morgan fingerprint density at radius 3 is 2.53 bits per heavy atom. The summed E-state index contributed by atoms with van der Waals surface area (Å²) in [6.45, 7) is 1.29. The van der Waals surface area contributed by atoms with Gasteiger partial charge in [0.05, 0.1) is 25.8 Å². The number of hydrogen-bond donors (Lipinski definition) is 2. The van der Waals surface area contributed by atoms with E-state index in [0.29, 0.717) is 29.6 Å². The SMILES string of the molecule is COc1cc(CNCCO)cc(Cl)c1OC.Cl. The van der Waals surface area contributed by atoms with Gasteiger partial charge < -0.3 is 19.9 Å². The summed E-state index contributed by atoms with van der Waals surface area (Å²) >= 11 is 6.04. The standard InChI is InChI=1S/C11H16ClNO3.ClH/c1-15-10-6-8(7-13-3-4-14)5-9(12)11(10)16-2;/h5-6,13-14H,3-4,7H2,1-2H3;1H. The van der Waals surface area contributed by atoms with Crippen molar-refractivity contribution in [3.8, 4) is 11.5 Å². The normalized spacial score (nSPS) is 9.65. The molecule has 1 aromatic carbocycles. The van der Waals surface area contributed by atoms with Crippen LogP contribution in [0.25, 0.3) is 0 Å². The minimum Gasteiger partial charge on any atom is -0.493 e. The second kappa shape index (κ2) is 8.42. The fourth-order valence-corrected chi connectivity index (χ4v) is 1.70. The van der Waals surface area contributed by atoms with E-state index in [9.17, 15) is 0 Å². The largest absolute Gasteiger partial charge is 0.493 e. The van der Waals surface area contributed by atoms with Crippen molar-refractivity contribution >= 4 is 24.0 Å². The quantitative estimate of drug-likeness (QED) is 0.782. The first-order chi connectivity index (χ1) is 7.72. The first kappa shape index (κ1) is 16.3. The minimum absolute atomic E-state index is 0. The third-order valence-electron chi connectivity index (χ3n) is 2.11. The third kappa shape index (κ3) is 4.60. The van der Waals surface area contributed by atoms with Crippen LogP contribution in [-0.4, -0.2) is 32.5 Å². The predicted molar refractivity (Wildman–Crippen MR) is 70.6 cm³/mol. The highest BCUT2D eigenvalue weighted by molar-refractivity contribution is 6.32. The Balaban J connectivity index is 0.00000256. The van der Waals surface area contributed by atoms with Crippen molar-refractivity contribution in [2.75, 3.05) is 27.4 Å². The van der Waals surface area contributed by atoms with E-state index >= 15 is 0 Å². The van der Waals surface area contributed by atoms with Gasteiger partial charge in [-0.3, -0.25) is 0 Å². The summed E-state index contributed by atoms with van der Waals surface area (Å²) in [4.78, 5) is 0. The van der Waals surface area contributed by atoms with Gasteiger partial charge in [-0.15, -0.1) is 12.4 Å². The number of nitrogens with one attached hydrogen (secondary N) is 1. The van der Waals surface area contributed by atoms with Crippen molar-refractivity contribution in [3.05, 3.63) is 22.7 Å². The van der Waals surface area contributed by atoms with Crippen molar-refractivity contribution in [3.63, 3.8) is 0 Å². The molecule has 0 radical (unpaired) electrons. The summed E-state index contributed by atoms with van der Waals surface area (Å²) in [5.41, 5.74) is 0.983. The van der Waals surface area contributed by atoms with Gasteiger partial charge in [0, 0.05) is 13.1 Å². The van der Waals surface area contributed by atoms with Crippen LogP contribution in [0.4, 0.5) is 0 Å². The van der Waals surface area contributed by atoms with Crippen LogP contribution in [0.5, 0.6) is 11.5 Å². The summed E-state index contributed by atoms with van der Waals surface area (Å²) in [7, 11) is 3.12. The molecule has 1 aromatic rings. The molecule has 0 aliphatic heterocycles. The van der Waals surface area contributed by atoms with E-state index in [-0.39, 0.29) is 19.0 Å². The molecule has 17 heavy (non-hydrogen) atoms. The fourth-order valence-electron chi connectivity index (χ4n) is 1.39. The Labute approximate surface area is 112 Å². The second-order valence-electron chi connectivity index (χ2n) is 3.21. The molecule has 98 valence electrons. The Kier molecular flexibility index (Phi) is 8.08. The van der Waals surface area contributed by atoms with Gasteiger partial charge in [-0.1, -0.05) is 11.6 Å². The average Bonchev–Trinajstić information content (AvgIpc) is 2.28. The molecule has 0 atom stereocenters. The first-order valence-corrected chi connectivity index (χ1v) is 5.32.